The van der Waals surface area contributed by atoms with Crippen LogP contribution in [0, 0.1) is 5.82 Å². The lowest BCUT2D eigenvalue weighted by Crippen LogP contribution is -2.07. The second-order valence-corrected chi connectivity index (χ2v) is 5.99. The van der Waals surface area contributed by atoms with Gasteiger partial charge in [0, 0.05) is 16.5 Å². The van der Waals surface area contributed by atoms with Crippen LogP contribution in [0.25, 0.3) is 22.0 Å². The summed E-state index contributed by atoms with van der Waals surface area (Å²) in [6.45, 7) is 0.178. The van der Waals surface area contributed by atoms with Gasteiger partial charge in [-0.25, -0.2) is 9.18 Å². The van der Waals surface area contributed by atoms with Crippen LogP contribution in [-0.4, -0.2) is 11.0 Å². The van der Waals surface area contributed by atoms with Gasteiger partial charge in [-0.2, -0.15) is 0 Å². The minimum Gasteiger partial charge on any atom is -0.456 e. The van der Waals surface area contributed by atoms with E-state index in [1.807, 2.05) is 60.7 Å². The molecule has 0 aliphatic carbocycles. The predicted molar refractivity (Wildman–Crippen MR) is 99.3 cm³/mol. The Hall–Kier alpha value is -3.40. The molecule has 0 atom stereocenters. The van der Waals surface area contributed by atoms with Gasteiger partial charge in [-0.3, -0.25) is 0 Å². The molecule has 1 N–H and O–H groups in total. The smallest absolute Gasteiger partial charge is 0.355 e. The summed E-state index contributed by atoms with van der Waals surface area (Å²) in [6.07, 6.45) is 0. The maximum Gasteiger partial charge on any atom is 0.355 e. The molecule has 3 nitrogen and oxygen atoms in total. The van der Waals surface area contributed by atoms with Gasteiger partial charge >= 0.3 is 5.97 Å². The van der Waals surface area contributed by atoms with E-state index in [9.17, 15) is 9.18 Å². The highest BCUT2D eigenvalue weighted by Gasteiger charge is 2.20. The molecule has 1 aromatic heterocycles. The van der Waals surface area contributed by atoms with E-state index in [1.54, 1.807) is 6.07 Å². The average molecular weight is 345 g/mol. The van der Waals surface area contributed by atoms with Crippen molar-refractivity contribution in [3.05, 3.63) is 95.9 Å². The Kier molecular flexibility index (Phi) is 4.23. The fourth-order valence-electron chi connectivity index (χ4n) is 3.02. The first kappa shape index (κ1) is 16.1. The molecule has 0 fully saturated rings. The summed E-state index contributed by atoms with van der Waals surface area (Å²) in [6, 6.07) is 23.4. The molecule has 0 saturated carbocycles. The van der Waals surface area contributed by atoms with Gasteiger partial charge in [0.15, 0.2) is 0 Å². The number of benzene rings is 3. The molecular weight excluding hydrogens is 329 g/mol. The standard InChI is InChI=1S/C22H16FNO2/c23-17-11-12-19-18(13-17)20(16-9-5-2-6-10-16)21(24-19)22(25)26-14-15-7-3-1-4-8-15/h1-13,24H,14H2. The minimum absolute atomic E-state index is 0.178. The summed E-state index contributed by atoms with van der Waals surface area (Å²) in [7, 11) is 0. The van der Waals surface area contributed by atoms with Gasteiger partial charge in [0.1, 0.15) is 18.1 Å². The van der Waals surface area contributed by atoms with Crippen molar-refractivity contribution in [2.24, 2.45) is 0 Å². The van der Waals surface area contributed by atoms with Gasteiger partial charge in [0.05, 0.1) is 0 Å². The number of esters is 1. The zero-order valence-electron chi connectivity index (χ0n) is 13.9. The van der Waals surface area contributed by atoms with E-state index in [0.717, 1.165) is 11.1 Å². The van der Waals surface area contributed by atoms with Crippen molar-refractivity contribution >= 4 is 16.9 Å². The maximum absolute atomic E-state index is 13.8. The Morgan fingerprint density at radius 1 is 0.923 bits per heavy atom. The highest BCUT2D eigenvalue weighted by molar-refractivity contribution is 6.08. The SMILES string of the molecule is O=C(OCc1ccccc1)c1[nH]c2ccc(F)cc2c1-c1ccccc1. The highest BCUT2D eigenvalue weighted by Crippen LogP contribution is 2.33. The zero-order valence-corrected chi connectivity index (χ0v) is 13.9. The Bertz CT molecular complexity index is 1060. The molecule has 0 saturated heterocycles. The third kappa shape index (κ3) is 3.09. The van der Waals surface area contributed by atoms with Crippen molar-refractivity contribution in [2.75, 3.05) is 0 Å². The quantitative estimate of drug-likeness (QED) is 0.508. The van der Waals surface area contributed by atoms with Gasteiger partial charge in [0.2, 0.25) is 0 Å². The van der Waals surface area contributed by atoms with Crippen LogP contribution in [0.2, 0.25) is 0 Å². The van der Waals surface area contributed by atoms with Crippen molar-refractivity contribution in [3.8, 4) is 11.1 Å². The number of halogens is 1. The third-order valence-electron chi connectivity index (χ3n) is 4.24. The largest absolute Gasteiger partial charge is 0.456 e. The number of aromatic nitrogens is 1. The van der Waals surface area contributed by atoms with E-state index in [-0.39, 0.29) is 12.4 Å². The number of fused-ring (bicyclic) bond motifs is 1. The molecule has 0 aliphatic rings. The van der Waals surface area contributed by atoms with Gasteiger partial charge < -0.3 is 9.72 Å². The molecule has 0 amide bonds. The number of carbonyl (C=O) groups excluding carboxylic acids is 1. The lowest BCUT2D eigenvalue weighted by atomic mass is 10.0. The molecule has 0 bridgehead atoms. The number of ether oxygens (including phenoxy) is 1. The van der Waals surface area contributed by atoms with Gasteiger partial charge in [-0.15, -0.1) is 0 Å². The summed E-state index contributed by atoms with van der Waals surface area (Å²) in [4.78, 5) is 15.8. The van der Waals surface area contributed by atoms with Crippen LogP contribution in [0.4, 0.5) is 4.39 Å². The van der Waals surface area contributed by atoms with Crippen LogP contribution in [0.5, 0.6) is 0 Å². The summed E-state index contributed by atoms with van der Waals surface area (Å²) < 4.78 is 19.3. The number of carbonyl (C=O) groups is 1. The molecule has 4 rings (SSSR count). The Morgan fingerprint density at radius 3 is 2.35 bits per heavy atom. The van der Waals surface area contributed by atoms with Crippen molar-refractivity contribution in [1.82, 2.24) is 4.98 Å². The fourth-order valence-corrected chi connectivity index (χ4v) is 3.02. The lowest BCUT2D eigenvalue weighted by Gasteiger charge is -2.07. The Labute approximate surface area is 150 Å². The number of hydrogen-bond acceptors (Lipinski definition) is 2. The van der Waals surface area contributed by atoms with Crippen LogP contribution in [0.3, 0.4) is 0 Å². The Balaban J connectivity index is 1.75. The normalized spacial score (nSPS) is 10.8. The fraction of sp³-hybridized carbons (Fsp3) is 0.0455. The van der Waals surface area contributed by atoms with E-state index < -0.39 is 5.97 Å². The van der Waals surface area contributed by atoms with Crippen LogP contribution in [0.1, 0.15) is 16.1 Å². The molecule has 26 heavy (non-hydrogen) atoms. The monoisotopic (exact) mass is 345 g/mol. The predicted octanol–water partition coefficient (Wildman–Crippen LogP) is 5.33. The zero-order chi connectivity index (χ0) is 17.9. The van der Waals surface area contributed by atoms with E-state index in [2.05, 4.69) is 4.98 Å². The Morgan fingerprint density at radius 2 is 1.62 bits per heavy atom. The van der Waals surface area contributed by atoms with E-state index in [1.165, 1.54) is 12.1 Å². The van der Waals surface area contributed by atoms with E-state index in [0.29, 0.717) is 22.2 Å². The minimum atomic E-state index is -0.468. The number of rotatable bonds is 4. The number of nitrogens with one attached hydrogen (secondary N) is 1. The second-order valence-electron chi connectivity index (χ2n) is 5.99. The highest BCUT2D eigenvalue weighted by atomic mass is 19.1. The molecule has 1 heterocycles. The summed E-state index contributed by atoms with van der Waals surface area (Å²) in [5, 5.41) is 0.655. The molecule has 128 valence electrons. The molecule has 4 heteroatoms. The first-order valence-corrected chi connectivity index (χ1v) is 8.30. The summed E-state index contributed by atoms with van der Waals surface area (Å²) in [5.74, 6) is -0.817. The first-order valence-electron chi connectivity index (χ1n) is 8.30. The molecule has 0 aliphatic heterocycles. The van der Waals surface area contributed by atoms with Crippen molar-refractivity contribution < 1.29 is 13.9 Å². The third-order valence-corrected chi connectivity index (χ3v) is 4.24. The summed E-state index contributed by atoms with van der Waals surface area (Å²) in [5.41, 5.74) is 3.41. The number of H-pyrrole nitrogens is 1. The van der Waals surface area contributed by atoms with E-state index >= 15 is 0 Å². The van der Waals surface area contributed by atoms with Gasteiger partial charge in [0.25, 0.3) is 0 Å². The van der Waals surface area contributed by atoms with Crippen LogP contribution in [-0.2, 0) is 11.3 Å². The van der Waals surface area contributed by atoms with Gasteiger partial charge in [-0.1, -0.05) is 60.7 Å². The van der Waals surface area contributed by atoms with Crippen molar-refractivity contribution in [3.63, 3.8) is 0 Å². The summed E-state index contributed by atoms with van der Waals surface area (Å²) >= 11 is 0. The second kappa shape index (κ2) is 6.84. The van der Waals surface area contributed by atoms with Crippen molar-refractivity contribution in [1.29, 1.82) is 0 Å². The first-order chi connectivity index (χ1) is 12.7. The molecule has 0 radical (unpaired) electrons. The van der Waals surface area contributed by atoms with E-state index in [4.69, 9.17) is 4.74 Å². The molecule has 0 spiro atoms. The number of aromatic amines is 1. The van der Waals surface area contributed by atoms with Crippen LogP contribution in [0.15, 0.2) is 78.9 Å². The molecule has 4 aromatic rings. The molecule has 0 unspecified atom stereocenters. The maximum atomic E-state index is 13.8. The average Bonchev–Trinajstić information content (AvgIpc) is 3.06. The molecule has 3 aromatic carbocycles. The van der Waals surface area contributed by atoms with Crippen LogP contribution >= 0.6 is 0 Å². The number of hydrogen-bond donors (Lipinski definition) is 1. The van der Waals surface area contributed by atoms with Crippen molar-refractivity contribution in [2.45, 2.75) is 6.61 Å². The lowest BCUT2D eigenvalue weighted by molar-refractivity contribution is 0.0468. The molecular formula is C22H16FNO2. The van der Waals surface area contributed by atoms with Gasteiger partial charge in [-0.05, 0) is 29.3 Å². The topological polar surface area (TPSA) is 42.1 Å². The van der Waals surface area contributed by atoms with Crippen LogP contribution < -0.4 is 0 Å².